The van der Waals surface area contributed by atoms with Crippen LogP contribution < -0.4 is 0 Å². The van der Waals surface area contributed by atoms with Gasteiger partial charge in [0.15, 0.2) is 5.69 Å². The van der Waals surface area contributed by atoms with E-state index in [0.717, 1.165) is 77.1 Å². The lowest BCUT2D eigenvalue weighted by atomic mass is 9.99. The van der Waals surface area contributed by atoms with Gasteiger partial charge >= 0.3 is 0 Å². The molecule has 0 radical (unpaired) electrons. The lowest BCUT2D eigenvalue weighted by molar-refractivity contribution is -0.141. The topological polar surface area (TPSA) is 72.7 Å². The van der Waals surface area contributed by atoms with Crippen molar-refractivity contribution in [2.24, 2.45) is 5.92 Å². The Balaban J connectivity index is 1.05. The zero-order valence-corrected chi connectivity index (χ0v) is 22.6. The highest BCUT2D eigenvalue weighted by atomic mass is 16.5. The fourth-order valence-electron chi connectivity index (χ4n) is 6.08. The Morgan fingerprint density at radius 2 is 1.95 bits per heavy atom. The van der Waals surface area contributed by atoms with Crippen LogP contribution in [-0.4, -0.2) is 88.3 Å². The molecule has 0 N–H and O–H groups in total. The standard InChI is InChI=1S/C29H43N5O3/c1-22(34-20-25(30-31-34)11-10-24-7-4-3-5-8-24)19-26-12-13-28(37-26)23(2)29(35)33-16-14-32(15-17-33)21-27-9-6-18-36-27/h7,20,22-23,26-28H,3-6,8-9,12-19,21H2,1-2H3/t22-,23-,26+,27?,28-/m1/s1. The van der Waals surface area contributed by atoms with Crippen LogP contribution in [0.5, 0.6) is 0 Å². The minimum atomic E-state index is -0.104. The predicted molar refractivity (Wildman–Crippen MR) is 142 cm³/mol. The van der Waals surface area contributed by atoms with Crippen molar-refractivity contribution in [3.05, 3.63) is 23.5 Å². The molecule has 37 heavy (non-hydrogen) atoms. The van der Waals surface area contributed by atoms with Crippen molar-refractivity contribution < 1.29 is 14.3 Å². The molecule has 5 atom stereocenters. The van der Waals surface area contributed by atoms with Gasteiger partial charge in [0.05, 0.1) is 36.5 Å². The lowest BCUT2D eigenvalue weighted by Gasteiger charge is -2.37. The van der Waals surface area contributed by atoms with E-state index in [0.29, 0.717) is 6.10 Å². The van der Waals surface area contributed by atoms with Crippen LogP contribution in [0.2, 0.25) is 0 Å². The lowest BCUT2D eigenvalue weighted by Crippen LogP contribution is -2.52. The minimum absolute atomic E-state index is 0.00411. The molecule has 5 rings (SSSR count). The largest absolute Gasteiger partial charge is 0.377 e. The predicted octanol–water partition coefficient (Wildman–Crippen LogP) is 3.59. The van der Waals surface area contributed by atoms with Gasteiger partial charge in [-0.3, -0.25) is 9.69 Å². The Morgan fingerprint density at radius 3 is 2.70 bits per heavy atom. The van der Waals surface area contributed by atoms with Crippen molar-refractivity contribution >= 4 is 5.91 Å². The van der Waals surface area contributed by atoms with Gasteiger partial charge < -0.3 is 14.4 Å². The molecule has 4 heterocycles. The second kappa shape index (κ2) is 12.6. The summed E-state index contributed by atoms with van der Waals surface area (Å²) in [6, 6.07) is 0.170. The van der Waals surface area contributed by atoms with E-state index >= 15 is 0 Å². The molecule has 0 bridgehead atoms. The number of piperazine rings is 1. The summed E-state index contributed by atoms with van der Waals surface area (Å²) in [5.41, 5.74) is 1.95. The third-order valence-corrected chi connectivity index (χ3v) is 8.47. The van der Waals surface area contributed by atoms with E-state index in [1.165, 1.54) is 31.3 Å². The fraction of sp³-hybridized carbons (Fsp3) is 0.759. The molecule has 8 heteroatoms. The Labute approximate surface area is 221 Å². The van der Waals surface area contributed by atoms with Gasteiger partial charge in [-0.15, -0.1) is 5.10 Å². The van der Waals surface area contributed by atoms with Gasteiger partial charge in [0.2, 0.25) is 5.91 Å². The smallest absolute Gasteiger partial charge is 0.228 e. The summed E-state index contributed by atoms with van der Waals surface area (Å²) in [4.78, 5) is 17.7. The van der Waals surface area contributed by atoms with Crippen molar-refractivity contribution in [3.8, 4) is 11.8 Å². The van der Waals surface area contributed by atoms with E-state index in [1.807, 2.05) is 22.7 Å². The molecule has 1 aromatic rings. The van der Waals surface area contributed by atoms with E-state index in [1.54, 1.807) is 0 Å². The minimum Gasteiger partial charge on any atom is -0.377 e. The van der Waals surface area contributed by atoms with E-state index in [2.05, 4.69) is 40.1 Å². The highest BCUT2D eigenvalue weighted by Gasteiger charge is 2.36. The van der Waals surface area contributed by atoms with Crippen LogP contribution in [0.25, 0.3) is 0 Å². The summed E-state index contributed by atoms with van der Waals surface area (Å²) in [7, 11) is 0. The first-order chi connectivity index (χ1) is 18.0. The van der Waals surface area contributed by atoms with Crippen molar-refractivity contribution in [1.82, 2.24) is 24.8 Å². The van der Waals surface area contributed by atoms with E-state index in [-0.39, 0.29) is 30.1 Å². The van der Waals surface area contributed by atoms with Crippen molar-refractivity contribution in [3.63, 3.8) is 0 Å². The highest BCUT2D eigenvalue weighted by Crippen LogP contribution is 2.31. The zero-order valence-electron chi connectivity index (χ0n) is 22.6. The summed E-state index contributed by atoms with van der Waals surface area (Å²) in [5.74, 6) is 6.57. The van der Waals surface area contributed by atoms with Crippen molar-refractivity contribution in [1.29, 1.82) is 0 Å². The average molecular weight is 510 g/mol. The molecule has 3 fully saturated rings. The number of hydrogen-bond acceptors (Lipinski definition) is 6. The normalized spacial score (nSPS) is 28.4. The molecular formula is C29H43N5O3. The van der Waals surface area contributed by atoms with Gasteiger partial charge in [-0.1, -0.05) is 24.1 Å². The van der Waals surface area contributed by atoms with Gasteiger partial charge in [-0.2, -0.15) is 0 Å². The molecule has 0 spiro atoms. The third-order valence-electron chi connectivity index (χ3n) is 8.47. The second-order valence-electron chi connectivity index (χ2n) is 11.3. The maximum Gasteiger partial charge on any atom is 0.228 e. The third kappa shape index (κ3) is 7.01. The molecule has 3 saturated heterocycles. The molecule has 0 aromatic carbocycles. The van der Waals surface area contributed by atoms with Crippen LogP contribution in [0.4, 0.5) is 0 Å². The number of amides is 1. The van der Waals surface area contributed by atoms with Crippen LogP contribution in [0.3, 0.4) is 0 Å². The molecule has 8 nitrogen and oxygen atoms in total. The number of rotatable bonds is 7. The molecule has 202 valence electrons. The molecule has 3 aliphatic heterocycles. The summed E-state index contributed by atoms with van der Waals surface area (Å²) < 4.78 is 14.1. The van der Waals surface area contributed by atoms with E-state index < -0.39 is 0 Å². The summed E-state index contributed by atoms with van der Waals surface area (Å²) in [5, 5.41) is 8.58. The molecule has 0 saturated carbocycles. The number of carbonyl (C=O) groups excluding carboxylic acids is 1. The van der Waals surface area contributed by atoms with E-state index in [9.17, 15) is 4.79 Å². The highest BCUT2D eigenvalue weighted by molar-refractivity contribution is 5.79. The Morgan fingerprint density at radius 1 is 1.08 bits per heavy atom. The number of aromatic nitrogens is 3. The molecular weight excluding hydrogens is 466 g/mol. The number of ether oxygens (including phenoxy) is 2. The van der Waals surface area contributed by atoms with Crippen LogP contribution in [0.1, 0.15) is 83.4 Å². The molecule has 1 amide bonds. The molecule has 4 aliphatic rings. The maximum atomic E-state index is 13.2. The Kier molecular flexibility index (Phi) is 8.96. The molecule has 1 unspecified atom stereocenters. The number of hydrogen-bond donors (Lipinski definition) is 0. The quantitative estimate of drug-likeness (QED) is 0.523. The van der Waals surface area contributed by atoms with Gasteiger partial charge in [0.25, 0.3) is 0 Å². The first kappa shape index (κ1) is 26.4. The van der Waals surface area contributed by atoms with Crippen molar-refractivity contribution in [2.45, 2.75) is 96.0 Å². The fourth-order valence-corrected chi connectivity index (χ4v) is 6.08. The van der Waals surface area contributed by atoms with Crippen molar-refractivity contribution in [2.75, 3.05) is 39.3 Å². The van der Waals surface area contributed by atoms with Gasteiger partial charge in [-0.25, -0.2) is 4.68 Å². The number of allylic oxidation sites excluding steroid dienone is 2. The van der Waals surface area contributed by atoms with Crippen LogP contribution >= 0.6 is 0 Å². The second-order valence-corrected chi connectivity index (χ2v) is 11.3. The van der Waals surface area contributed by atoms with Crippen LogP contribution in [-0.2, 0) is 14.3 Å². The molecule has 1 aromatic heterocycles. The number of carbonyl (C=O) groups is 1. The van der Waals surface area contributed by atoms with Gasteiger partial charge in [0, 0.05) is 39.3 Å². The zero-order chi connectivity index (χ0) is 25.6. The Bertz CT molecular complexity index is 997. The summed E-state index contributed by atoms with van der Waals surface area (Å²) in [6.45, 7) is 9.57. The van der Waals surface area contributed by atoms with Gasteiger partial charge in [-0.05, 0) is 76.2 Å². The SMILES string of the molecule is C[C@H](C[C@@H]1CC[C@H]([C@@H](C)C(=O)N2CCN(CC3CCCO3)CC2)O1)n1cc(C#CC2=CCCCC2)nn1. The summed E-state index contributed by atoms with van der Waals surface area (Å²) >= 11 is 0. The van der Waals surface area contributed by atoms with Gasteiger partial charge in [0.1, 0.15) is 0 Å². The Hall–Kier alpha value is -2.21. The van der Waals surface area contributed by atoms with Crippen LogP contribution in [0.15, 0.2) is 17.8 Å². The first-order valence-corrected chi connectivity index (χ1v) is 14.5. The maximum absolute atomic E-state index is 13.2. The van der Waals surface area contributed by atoms with Crippen LogP contribution in [0, 0.1) is 17.8 Å². The number of nitrogens with zero attached hydrogens (tertiary/aromatic N) is 5. The first-order valence-electron chi connectivity index (χ1n) is 14.5. The summed E-state index contributed by atoms with van der Waals surface area (Å²) in [6.07, 6.45) is 14.5. The molecule has 1 aliphatic carbocycles. The average Bonchev–Trinajstić information content (AvgIpc) is 3.70. The van der Waals surface area contributed by atoms with E-state index in [4.69, 9.17) is 9.47 Å². The monoisotopic (exact) mass is 509 g/mol.